The number of aromatic nitrogens is 3. The van der Waals surface area contributed by atoms with Crippen molar-refractivity contribution in [1.82, 2.24) is 19.9 Å². The number of nitrogens with zero attached hydrogens (tertiary/aromatic N) is 3. The highest BCUT2D eigenvalue weighted by Gasteiger charge is 2.12. The number of nitrogens with one attached hydrogen (secondary N) is 1. The van der Waals surface area contributed by atoms with Crippen molar-refractivity contribution in [3.8, 4) is 0 Å². The third-order valence-corrected chi connectivity index (χ3v) is 3.81. The predicted molar refractivity (Wildman–Crippen MR) is 87.7 cm³/mol. The van der Waals surface area contributed by atoms with Crippen LogP contribution in [-0.2, 0) is 11.3 Å². The molecule has 3 aromatic rings. The maximum Gasteiger partial charge on any atom is 0.221 e. The fourth-order valence-electron chi connectivity index (χ4n) is 2.72. The van der Waals surface area contributed by atoms with Gasteiger partial charge in [0.1, 0.15) is 11.3 Å². The van der Waals surface area contributed by atoms with E-state index in [-0.39, 0.29) is 5.91 Å². The SMILES string of the molecule is CCCNC(=O)CCn1c(C)nc2cnc3ccccc3c21. The second-order valence-electron chi connectivity index (χ2n) is 5.42. The minimum atomic E-state index is 0.0847. The van der Waals surface area contributed by atoms with Crippen molar-refractivity contribution in [3.05, 3.63) is 36.3 Å². The van der Waals surface area contributed by atoms with Crippen LogP contribution in [0.25, 0.3) is 21.9 Å². The molecule has 0 aliphatic rings. The van der Waals surface area contributed by atoms with E-state index in [1.165, 1.54) is 0 Å². The number of benzene rings is 1. The minimum Gasteiger partial charge on any atom is -0.356 e. The van der Waals surface area contributed by atoms with E-state index in [0.29, 0.717) is 13.0 Å². The number of fused-ring (bicyclic) bond motifs is 3. The van der Waals surface area contributed by atoms with Crippen LogP contribution in [-0.4, -0.2) is 27.0 Å². The summed E-state index contributed by atoms with van der Waals surface area (Å²) >= 11 is 0. The standard InChI is InChI=1S/C17H20N4O/c1-3-9-18-16(22)8-10-21-12(2)20-15-11-19-14-7-5-4-6-13(14)17(15)21/h4-7,11H,3,8-10H2,1-2H3,(H,18,22). The monoisotopic (exact) mass is 296 g/mol. The Morgan fingerprint density at radius 2 is 2.09 bits per heavy atom. The van der Waals surface area contributed by atoms with Gasteiger partial charge in [-0.1, -0.05) is 25.1 Å². The molecule has 0 fully saturated rings. The number of para-hydroxylation sites is 1. The van der Waals surface area contributed by atoms with Crippen molar-refractivity contribution in [2.45, 2.75) is 33.2 Å². The number of amides is 1. The van der Waals surface area contributed by atoms with E-state index in [1.54, 1.807) is 6.20 Å². The summed E-state index contributed by atoms with van der Waals surface area (Å²) < 4.78 is 2.12. The molecule has 5 nitrogen and oxygen atoms in total. The zero-order valence-corrected chi connectivity index (χ0v) is 13.0. The second-order valence-corrected chi connectivity index (χ2v) is 5.42. The lowest BCUT2D eigenvalue weighted by Gasteiger charge is -2.09. The van der Waals surface area contributed by atoms with Gasteiger partial charge in [0.05, 0.1) is 17.2 Å². The number of pyridine rings is 1. The Hall–Kier alpha value is -2.43. The third kappa shape index (κ3) is 2.66. The Balaban J connectivity index is 1.96. The van der Waals surface area contributed by atoms with Gasteiger partial charge in [-0.15, -0.1) is 0 Å². The molecule has 0 saturated heterocycles. The van der Waals surface area contributed by atoms with E-state index < -0.39 is 0 Å². The molecule has 0 radical (unpaired) electrons. The quantitative estimate of drug-likeness (QED) is 0.787. The first-order valence-corrected chi connectivity index (χ1v) is 7.68. The summed E-state index contributed by atoms with van der Waals surface area (Å²) in [4.78, 5) is 20.9. The predicted octanol–water partition coefficient (Wildman–Crippen LogP) is 2.81. The number of hydrogen-bond acceptors (Lipinski definition) is 3. The molecule has 2 heterocycles. The Kier molecular flexibility index (Phi) is 4.04. The molecule has 3 rings (SSSR count). The molecule has 0 aliphatic carbocycles. The van der Waals surface area contributed by atoms with Crippen LogP contribution in [0.4, 0.5) is 0 Å². The molecule has 1 aromatic carbocycles. The van der Waals surface area contributed by atoms with Gasteiger partial charge >= 0.3 is 0 Å². The summed E-state index contributed by atoms with van der Waals surface area (Å²) in [7, 11) is 0. The van der Waals surface area contributed by atoms with Crippen LogP contribution in [0.3, 0.4) is 0 Å². The minimum absolute atomic E-state index is 0.0847. The molecule has 0 aliphatic heterocycles. The molecule has 1 amide bonds. The highest BCUT2D eigenvalue weighted by Crippen LogP contribution is 2.24. The molecular weight excluding hydrogens is 276 g/mol. The second kappa shape index (κ2) is 6.13. The average Bonchev–Trinajstić information content (AvgIpc) is 2.86. The highest BCUT2D eigenvalue weighted by atomic mass is 16.1. The van der Waals surface area contributed by atoms with Crippen molar-refractivity contribution in [1.29, 1.82) is 0 Å². The first kappa shape index (κ1) is 14.5. The van der Waals surface area contributed by atoms with Gasteiger partial charge in [0.2, 0.25) is 5.91 Å². The first-order valence-electron chi connectivity index (χ1n) is 7.68. The van der Waals surface area contributed by atoms with E-state index in [1.807, 2.05) is 32.0 Å². The molecule has 114 valence electrons. The Morgan fingerprint density at radius 3 is 2.91 bits per heavy atom. The Morgan fingerprint density at radius 1 is 1.27 bits per heavy atom. The fraction of sp³-hybridized carbons (Fsp3) is 0.353. The highest BCUT2D eigenvalue weighted by molar-refractivity contribution is 6.02. The molecular formula is C17H20N4O. The summed E-state index contributed by atoms with van der Waals surface area (Å²) in [5, 5.41) is 3.99. The normalized spacial score (nSPS) is 11.2. The van der Waals surface area contributed by atoms with Crippen LogP contribution in [0, 0.1) is 6.92 Å². The fourth-order valence-corrected chi connectivity index (χ4v) is 2.72. The van der Waals surface area contributed by atoms with Crippen LogP contribution < -0.4 is 5.32 Å². The van der Waals surface area contributed by atoms with Crippen molar-refractivity contribution in [3.63, 3.8) is 0 Å². The van der Waals surface area contributed by atoms with Gasteiger partial charge in [-0.25, -0.2) is 4.98 Å². The summed E-state index contributed by atoms with van der Waals surface area (Å²) in [6, 6.07) is 8.03. The zero-order chi connectivity index (χ0) is 15.5. The summed E-state index contributed by atoms with van der Waals surface area (Å²) in [5.41, 5.74) is 2.89. The largest absolute Gasteiger partial charge is 0.356 e. The van der Waals surface area contributed by atoms with Crippen molar-refractivity contribution >= 4 is 27.8 Å². The van der Waals surface area contributed by atoms with Crippen LogP contribution >= 0.6 is 0 Å². The molecule has 0 bridgehead atoms. The van der Waals surface area contributed by atoms with Crippen LogP contribution in [0.2, 0.25) is 0 Å². The lowest BCUT2D eigenvalue weighted by molar-refractivity contribution is -0.121. The Labute approximate surface area is 129 Å². The summed E-state index contributed by atoms with van der Waals surface area (Å²) in [6.07, 6.45) is 3.22. The molecule has 0 spiro atoms. The van der Waals surface area contributed by atoms with Crippen molar-refractivity contribution in [2.75, 3.05) is 6.54 Å². The van der Waals surface area contributed by atoms with Crippen molar-refractivity contribution in [2.24, 2.45) is 0 Å². The van der Waals surface area contributed by atoms with Gasteiger partial charge in [-0.3, -0.25) is 9.78 Å². The summed E-state index contributed by atoms with van der Waals surface area (Å²) in [5.74, 6) is 0.998. The smallest absolute Gasteiger partial charge is 0.221 e. The first-order chi connectivity index (χ1) is 10.7. The molecule has 22 heavy (non-hydrogen) atoms. The number of aryl methyl sites for hydroxylation is 2. The van der Waals surface area contributed by atoms with Gasteiger partial charge in [-0.05, 0) is 19.4 Å². The lowest BCUT2D eigenvalue weighted by atomic mass is 10.2. The van der Waals surface area contributed by atoms with E-state index >= 15 is 0 Å². The van der Waals surface area contributed by atoms with Gasteiger partial charge in [-0.2, -0.15) is 0 Å². The van der Waals surface area contributed by atoms with E-state index in [0.717, 1.165) is 40.7 Å². The third-order valence-electron chi connectivity index (χ3n) is 3.81. The zero-order valence-electron chi connectivity index (χ0n) is 13.0. The molecule has 2 aromatic heterocycles. The van der Waals surface area contributed by atoms with Gasteiger partial charge in [0.15, 0.2) is 0 Å². The lowest BCUT2D eigenvalue weighted by Crippen LogP contribution is -2.25. The van der Waals surface area contributed by atoms with Crippen molar-refractivity contribution < 1.29 is 4.79 Å². The Bertz CT molecular complexity index is 822. The topological polar surface area (TPSA) is 59.8 Å². The summed E-state index contributed by atoms with van der Waals surface area (Å²) in [6.45, 7) is 5.38. The molecule has 0 saturated carbocycles. The number of carbonyl (C=O) groups excluding carboxylic acids is 1. The number of imidazole rings is 1. The molecule has 0 unspecified atom stereocenters. The van der Waals surface area contributed by atoms with E-state index in [2.05, 4.69) is 25.9 Å². The van der Waals surface area contributed by atoms with Gasteiger partial charge in [0.25, 0.3) is 0 Å². The maximum absolute atomic E-state index is 11.9. The molecule has 0 atom stereocenters. The van der Waals surface area contributed by atoms with Gasteiger partial charge in [0, 0.05) is 24.9 Å². The van der Waals surface area contributed by atoms with Crippen LogP contribution in [0.5, 0.6) is 0 Å². The van der Waals surface area contributed by atoms with Crippen LogP contribution in [0.1, 0.15) is 25.6 Å². The van der Waals surface area contributed by atoms with Crippen LogP contribution in [0.15, 0.2) is 30.5 Å². The maximum atomic E-state index is 11.9. The average molecular weight is 296 g/mol. The van der Waals surface area contributed by atoms with Gasteiger partial charge < -0.3 is 9.88 Å². The molecule has 1 N–H and O–H groups in total. The van der Waals surface area contributed by atoms with E-state index in [9.17, 15) is 4.79 Å². The number of carbonyl (C=O) groups is 1. The number of rotatable bonds is 5. The van der Waals surface area contributed by atoms with E-state index in [4.69, 9.17) is 0 Å². The number of hydrogen-bond donors (Lipinski definition) is 1. The molecule has 5 heteroatoms.